The molecule has 4 rings (SSSR count). The van der Waals surface area contributed by atoms with Gasteiger partial charge in [-0.05, 0) is 67.9 Å². The first kappa shape index (κ1) is 20.4. The van der Waals surface area contributed by atoms with Crippen molar-refractivity contribution in [3.63, 3.8) is 0 Å². The summed E-state index contributed by atoms with van der Waals surface area (Å²) in [5, 5.41) is 7.67. The number of hydrogen-bond donors (Lipinski definition) is 1. The van der Waals surface area contributed by atoms with E-state index in [0.717, 1.165) is 30.0 Å². The SMILES string of the molecule is COc1ccc(-c2cc(C(=O)NC[C@@H](c3ccc(Cl)cc3)N3CCCC3)no2)cc1. The van der Waals surface area contributed by atoms with Crippen molar-refractivity contribution in [3.05, 3.63) is 70.9 Å². The third kappa shape index (κ3) is 4.66. The lowest BCUT2D eigenvalue weighted by Crippen LogP contribution is -2.36. The zero-order valence-corrected chi connectivity index (χ0v) is 17.6. The van der Waals surface area contributed by atoms with Gasteiger partial charge in [0.2, 0.25) is 0 Å². The second kappa shape index (κ2) is 9.32. The first-order chi connectivity index (χ1) is 14.6. The molecule has 30 heavy (non-hydrogen) atoms. The van der Waals surface area contributed by atoms with Crippen molar-refractivity contribution in [1.82, 2.24) is 15.4 Å². The highest BCUT2D eigenvalue weighted by atomic mass is 35.5. The maximum atomic E-state index is 12.7. The zero-order chi connectivity index (χ0) is 20.9. The topological polar surface area (TPSA) is 67.6 Å². The van der Waals surface area contributed by atoms with Gasteiger partial charge in [-0.3, -0.25) is 9.69 Å². The molecule has 1 aliphatic heterocycles. The van der Waals surface area contributed by atoms with E-state index in [4.69, 9.17) is 20.9 Å². The molecule has 0 bridgehead atoms. The second-order valence-electron chi connectivity index (χ2n) is 7.33. The van der Waals surface area contributed by atoms with Crippen molar-refractivity contribution in [2.24, 2.45) is 0 Å². The Labute approximate surface area is 180 Å². The van der Waals surface area contributed by atoms with Crippen LogP contribution in [-0.4, -0.2) is 42.7 Å². The van der Waals surface area contributed by atoms with E-state index >= 15 is 0 Å². The summed E-state index contributed by atoms with van der Waals surface area (Å²) in [4.78, 5) is 15.1. The third-order valence-electron chi connectivity index (χ3n) is 5.41. The lowest BCUT2D eigenvalue weighted by Gasteiger charge is -2.28. The van der Waals surface area contributed by atoms with Crippen LogP contribution in [0.1, 0.15) is 34.9 Å². The van der Waals surface area contributed by atoms with Crippen LogP contribution in [0.3, 0.4) is 0 Å². The van der Waals surface area contributed by atoms with Gasteiger partial charge in [-0.25, -0.2) is 0 Å². The van der Waals surface area contributed by atoms with E-state index in [1.807, 2.05) is 48.5 Å². The van der Waals surface area contributed by atoms with E-state index in [9.17, 15) is 4.79 Å². The highest BCUT2D eigenvalue weighted by Gasteiger charge is 2.24. The molecule has 1 amide bonds. The molecule has 0 aliphatic carbocycles. The number of rotatable bonds is 7. The molecule has 7 heteroatoms. The van der Waals surface area contributed by atoms with Crippen molar-refractivity contribution < 1.29 is 14.1 Å². The Balaban J connectivity index is 1.44. The summed E-state index contributed by atoms with van der Waals surface area (Å²) < 4.78 is 10.5. The fourth-order valence-electron chi connectivity index (χ4n) is 3.75. The van der Waals surface area contributed by atoms with E-state index < -0.39 is 0 Å². The maximum Gasteiger partial charge on any atom is 0.273 e. The van der Waals surface area contributed by atoms with E-state index in [1.165, 1.54) is 12.8 Å². The summed E-state index contributed by atoms with van der Waals surface area (Å²) in [5.74, 6) is 1.04. The average Bonchev–Trinajstić information content (AvgIpc) is 3.48. The number of halogens is 1. The fraction of sp³-hybridized carbons (Fsp3) is 0.304. The number of likely N-dealkylation sites (tertiary alicyclic amines) is 1. The molecule has 2 aromatic carbocycles. The minimum atomic E-state index is -0.253. The van der Waals surface area contributed by atoms with Gasteiger partial charge in [0.1, 0.15) is 5.75 Å². The zero-order valence-electron chi connectivity index (χ0n) is 16.8. The Bertz CT molecular complexity index is 980. The largest absolute Gasteiger partial charge is 0.497 e. The Morgan fingerprint density at radius 3 is 2.53 bits per heavy atom. The number of aromatic nitrogens is 1. The van der Waals surface area contributed by atoms with Gasteiger partial charge >= 0.3 is 0 Å². The Morgan fingerprint density at radius 1 is 1.17 bits per heavy atom. The molecule has 1 N–H and O–H groups in total. The normalized spacial score (nSPS) is 15.1. The lowest BCUT2D eigenvalue weighted by atomic mass is 10.1. The molecular weight excluding hydrogens is 402 g/mol. The fourth-order valence-corrected chi connectivity index (χ4v) is 3.88. The van der Waals surface area contributed by atoms with Gasteiger partial charge in [0.25, 0.3) is 5.91 Å². The molecule has 0 spiro atoms. The summed E-state index contributed by atoms with van der Waals surface area (Å²) in [7, 11) is 1.62. The average molecular weight is 426 g/mol. The highest BCUT2D eigenvalue weighted by molar-refractivity contribution is 6.30. The van der Waals surface area contributed by atoms with Crippen LogP contribution in [0.25, 0.3) is 11.3 Å². The number of carbonyl (C=O) groups excluding carboxylic acids is 1. The summed E-state index contributed by atoms with van der Waals surface area (Å²) in [6.45, 7) is 2.54. The first-order valence-corrected chi connectivity index (χ1v) is 10.4. The van der Waals surface area contributed by atoms with Crippen LogP contribution in [0.2, 0.25) is 5.02 Å². The number of methoxy groups -OCH3 is 1. The minimum Gasteiger partial charge on any atom is -0.497 e. The summed E-state index contributed by atoms with van der Waals surface area (Å²) in [5.41, 5.74) is 2.23. The molecule has 1 fully saturated rings. The van der Waals surface area contributed by atoms with Gasteiger partial charge < -0.3 is 14.6 Å². The molecule has 0 unspecified atom stereocenters. The number of nitrogens with zero attached hydrogens (tertiary/aromatic N) is 2. The summed E-state index contributed by atoms with van der Waals surface area (Å²) >= 11 is 6.04. The predicted octanol–water partition coefficient (Wildman–Crippen LogP) is 4.57. The number of benzene rings is 2. The first-order valence-electron chi connectivity index (χ1n) is 10.0. The Hall–Kier alpha value is -2.83. The van der Waals surface area contributed by atoms with E-state index in [2.05, 4.69) is 15.4 Å². The van der Waals surface area contributed by atoms with E-state index in [0.29, 0.717) is 17.3 Å². The molecular formula is C23H24ClN3O3. The van der Waals surface area contributed by atoms with E-state index in [1.54, 1.807) is 13.2 Å². The third-order valence-corrected chi connectivity index (χ3v) is 5.66. The van der Waals surface area contributed by atoms with Crippen molar-refractivity contribution >= 4 is 17.5 Å². The molecule has 1 atom stereocenters. The monoisotopic (exact) mass is 425 g/mol. The van der Waals surface area contributed by atoms with Crippen molar-refractivity contribution in [2.45, 2.75) is 18.9 Å². The van der Waals surface area contributed by atoms with Crippen LogP contribution in [0.5, 0.6) is 5.75 Å². The number of carbonyl (C=O) groups is 1. The molecule has 3 aromatic rings. The van der Waals surface area contributed by atoms with Gasteiger partial charge in [0, 0.05) is 23.2 Å². The van der Waals surface area contributed by atoms with Gasteiger partial charge in [-0.2, -0.15) is 0 Å². The number of nitrogens with one attached hydrogen (secondary N) is 1. The second-order valence-corrected chi connectivity index (χ2v) is 7.76. The van der Waals surface area contributed by atoms with Crippen LogP contribution in [0, 0.1) is 0 Å². The molecule has 156 valence electrons. The van der Waals surface area contributed by atoms with Crippen molar-refractivity contribution in [2.75, 3.05) is 26.7 Å². The quantitative estimate of drug-likeness (QED) is 0.600. The van der Waals surface area contributed by atoms with Crippen molar-refractivity contribution in [3.8, 4) is 17.1 Å². The van der Waals surface area contributed by atoms with Gasteiger partial charge in [0.05, 0.1) is 13.2 Å². The van der Waals surface area contributed by atoms with Crippen LogP contribution in [0.15, 0.2) is 59.1 Å². The molecule has 1 saturated heterocycles. The number of ether oxygens (including phenoxy) is 1. The smallest absolute Gasteiger partial charge is 0.273 e. The van der Waals surface area contributed by atoms with Crippen LogP contribution >= 0.6 is 11.6 Å². The summed E-state index contributed by atoms with van der Waals surface area (Å²) in [6, 6.07) is 17.0. The molecule has 0 radical (unpaired) electrons. The molecule has 2 heterocycles. The van der Waals surface area contributed by atoms with Gasteiger partial charge in [-0.1, -0.05) is 28.9 Å². The standard InChI is InChI=1S/C23H24ClN3O3/c1-29-19-10-6-17(7-11-19)22-14-20(26-30-22)23(28)25-15-21(27-12-2-3-13-27)16-4-8-18(24)9-5-16/h4-11,14,21H,2-3,12-13,15H2,1H3,(H,25,28)/t21-/m0/s1. The van der Waals surface area contributed by atoms with Crippen LogP contribution in [-0.2, 0) is 0 Å². The minimum absolute atomic E-state index is 0.0988. The maximum absolute atomic E-state index is 12.7. The highest BCUT2D eigenvalue weighted by Crippen LogP contribution is 2.26. The van der Waals surface area contributed by atoms with Crippen LogP contribution < -0.4 is 10.1 Å². The molecule has 1 aromatic heterocycles. The Morgan fingerprint density at radius 2 is 1.87 bits per heavy atom. The Kier molecular flexibility index (Phi) is 6.35. The lowest BCUT2D eigenvalue weighted by molar-refractivity contribution is 0.0929. The number of hydrogen-bond acceptors (Lipinski definition) is 5. The van der Waals surface area contributed by atoms with Gasteiger partial charge in [0.15, 0.2) is 11.5 Å². The predicted molar refractivity (Wildman–Crippen MR) is 116 cm³/mol. The number of amides is 1. The van der Waals surface area contributed by atoms with E-state index in [-0.39, 0.29) is 17.6 Å². The van der Waals surface area contributed by atoms with Crippen LogP contribution in [0.4, 0.5) is 0 Å². The van der Waals surface area contributed by atoms with Crippen molar-refractivity contribution in [1.29, 1.82) is 0 Å². The molecule has 6 nitrogen and oxygen atoms in total. The molecule has 0 saturated carbocycles. The van der Waals surface area contributed by atoms with Gasteiger partial charge in [-0.15, -0.1) is 0 Å². The summed E-state index contributed by atoms with van der Waals surface area (Å²) in [6.07, 6.45) is 2.35. The molecule has 1 aliphatic rings.